The van der Waals surface area contributed by atoms with Gasteiger partial charge in [-0.2, -0.15) is 0 Å². The van der Waals surface area contributed by atoms with Crippen LogP contribution in [0.25, 0.3) is 10.8 Å². The fraction of sp³-hybridized carbons (Fsp3) is 0.235. The predicted octanol–water partition coefficient (Wildman–Crippen LogP) is 2.67. The third kappa shape index (κ3) is 4.23. The number of phenols is 1. The van der Waals surface area contributed by atoms with Crippen LogP contribution in [0, 0.1) is 0 Å². The highest BCUT2D eigenvalue weighted by atomic mass is 16.6. The number of rotatable bonds is 8. The zero-order valence-electron chi connectivity index (χ0n) is 12.2. The number of carbonyl (C=O) groups excluding carboxylic acids is 1. The van der Waals surface area contributed by atoms with Gasteiger partial charge in [-0.05, 0) is 12.1 Å². The van der Waals surface area contributed by atoms with Gasteiger partial charge in [-0.3, -0.25) is 0 Å². The molecule has 2 aromatic carbocycles. The molecule has 0 heterocycles. The highest BCUT2D eigenvalue weighted by molar-refractivity contribution is 5.92. The monoisotopic (exact) mass is 302 g/mol. The number of hydrogen-bond acceptors (Lipinski definition) is 5. The molecule has 116 valence electrons. The van der Waals surface area contributed by atoms with Crippen LogP contribution in [0.5, 0.6) is 11.5 Å². The Kier molecular flexibility index (Phi) is 5.80. The molecule has 0 radical (unpaired) electrons. The molecular formula is C17H18O5. The maximum absolute atomic E-state index is 10.8. The van der Waals surface area contributed by atoms with E-state index in [-0.39, 0.29) is 12.4 Å². The number of aromatic hydroxyl groups is 1. The zero-order chi connectivity index (χ0) is 15.8. The van der Waals surface area contributed by atoms with Crippen molar-refractivity contribution in [3.8, 4) is 11.5 Å². The molecular weight excluding hydrogens is 284 g/mol. The van der Waals surface area contributed by atoms with Gasteiger partial charge in [-0.15, -0.1) is 0 Å². The fourth-order valence-electron chi connectivity index (χ4n) is 1.96. The number of ether oxygens (including phenoxy) is 3. The van der Waals surface area contributed by atoms with Crippen molar-refractivity contribution in [2.24, 2.45) is 0 Å². The molecule has 0 amide bonds. The Hall–Kier alpha value is -2.53. The number of carbonyl (C=O) groups is 1. The second-order valence-corrected chi connectivity index (χ2v) is 4.46. The van der Waals surface area contributed by atoms with Crippen molar-refractivity contribution in [2.45, 2.75) is 0 Å². The van der Waals surface area contributed by atoms with E-state index in [0.29, 0.717) is 25.6 Å². The van der Waals surface area contributed by atoms with Gasteiger partial charge in [-0.25, -0.2) is 4.79 Å². The van der Waals surface area contributed by atoms with E-state index < -0.39 is 5.97 Å². The van der Waals surface area contributed by atoms with Gasteiger partial charge in [-0.1, -0.05) is 30.8 Å². The second-order valence-electron chi connectivity index (χ2n) is 4.46. The Balaban J connectivity index is 1.77. The Morgan fingerprint density at radius 2 is 1.77 bits per heavy atom. The summed E-state index contributed by atoms with van der Waals surface area (Å²) < 4.78 is 15.7. The molecule has 0 saturated heterocycles. The Morgan fingerprint density at radius 1 is 1.05 bits per heavy atom. The molecule has 5 heteroatoms. The highest BCUT2D eigenvalue weighted by Crippen LogP contribution is 2.31. The summed E-state index contributed by atoms with van der Waals surface area (Å²) in [6, 6.07) is 10.8. The summed E-state index contributed by atoms with van der Waals surface area (Å²) in [5.41, 5.74) is 0. The van der Waals surface area contributed by atoms with Gasteiger partial charge in [0, 0.05) is 16.8 Å². The van der Waals surface area contributed by atoms with Crippen molar-refractivity contribution in [1.29, 1.82) is 0 Å². The molecule has 0 unspecified atom stereocenters. The molecule has 22 heavy (non-hydrogen) atoms. The number of hydrogen-bond donors (Lipinski definition) is 1. The van der Waals surface area contributed by atoms with Crippen LogP contribution >= 0.6 is 0 Å². The van der Waals surface area contributed by atoms with Crippen molar-refractivity contribution in [2.75, 3.05) is 26.4 Å². The minimum absolute atomic E-state index is 0.187. The number of fused-ring (bicyclic) bond motifs is 1. The summed E-state index contributed by atoms with van der Waals surface area (Å²) >= 11 is 0. The zero-order valence-corrected chi connectivity index (χ0v) is 12.2. The Labute approximate surface area is 128 Å². The molecule has 5 nitrogen and oxygen atoms in total. The van der Waals surface area contributed by atoms with Gasteiger partial charge in [0.15, 0.2) is 0 Å². The van der Waals surface area contributed by atoms with Crippen LogP contribution in [0.3, 0.4) is 0 Å². The van der Waals surface area contributed by atoms with Crippen LogP contribution < -0.4 is 4.74 Å². The SMILES string of the molecule is C=CC(=O)OCCOCCOc1cccc2c(O)cccc12. The molecule has 1 N–H and O–H groups in total. The average molecular weight is 302 g/mol. The Morgan fingerprint density at radius 3 is 2.59 bits per heavy atom. The molecule has 0 saturated carbocycles. The maximum Gasteiger partial charge on any atom is 0.330 e. The van der Waals surface area contributed by atoms with Crippen LogP contribution in [0.15, 0.2) is 49.1 Å². The minimum Gasteiger partial charge on any atom is -0.507 e. The molecule has 2 aromatic rings. The van der Waals surface area contributed by atoms with Crippen molar-refractivity contribution in [3.05, 3.63) is 49.1 Å². The average Bonchev–Trinajstić information content (AvgIpc) is 2.54. The first-order valence-electron chi connectivity index (χ1n) is 6.93. The molecule has 0 aliphatic carbocycles. The number of phenolic OH excluding ortho intramolecular Hbond substituents is 1. The van der Waals surface area contributed by atoms with Crippen molar-refractivity contribution in [3.63, 3.8) is 0 Å². The molecule has 0 bridgehead atoms. The van der Waals surface area contributed by atoms with E-state index in [0.717, 1.165) is 16.8 Å². The maximum atomic E-state index is 10.8. The third-order valence-electron chi connectivity index (χ3n) is 2.98. The lowest BCUT2D eigenvalue weighted by Crippen LogP contribution is -2.12. The molecule has 0 aliphatic heterocycles. The van der Waals surface area contributed by atoms with Crippen LogP contribution in [0.2, 0.25) is 0 Å². The van der Waals surface area contributed by atoms with Crippen LogP contribution in [-0.4, -0.2) is 37.5 Å². The lowest BCUT2D eigenvalue weighted by atomic mass is 10.1. The van der Waals surface area contributed by atoms with Gasteiger partial charge in [0.1, 0.15) is 24.7 Å². The van der Waals surface area contributed by atoms with E-state index in [1.54, 1.807) is 12.1 Å². The summed E-state index contributed by atoms with van der Waals surface area (Å²) in [5, 5.41) is 11.4. The quantitative estimate of drug-likeness (QED) is 0.461. The number of benzene rings is 2. The first-order valence-corrected chi connectivity index (χ1v) is 6.93. The fourth-order valence-corrected chi connectivity index (χ4v) is 1.96. The minimum atomic E-state index is -0.463. The summed E-state index contributed by atoms with van der Waals surface area (Å²) in [4.78, 5) is 10.8. The van der Waals surface area contributed by atoms with Crippen molar-refractivity contribution < 1.29 is 24.1 Å². The largest absolute Gasteiger partial charge is 0.507 e. The smallest absolute Gasteiger partial charge is 0.330 e. The van der Waals surface area contributed by atoms with Gasteiger partial charge < -0.3 is 19.3 Å². The molecule has 2 rings (SSSR count). The molecule has 0 fully saturated rings. The lowest BCUT2D eigenvalue weighted by Gasteiger charge is -2.10. The van der Waals surface area contributed by atoms with Gasteiger partial charge in [0.05, 0.1) is 13.2 Å². The summed E-state index contributed by atoms with van der Waals surface area (Å²) in [5.74, 6) is 0.453. The van der Waals surface area contributed by atoms with Gasteiger partial charge >= 0.3 is 5.97 Å². The standard InChI is InChI=1S/C17H18O5/c1-2-17(19)22-12-10-20-9-11-21-16-8-4-5-13-14(16)6-3-7-15(13)18/h2-8,18H,1,9-12H2. The van der Waals surface area contributed by atoms with E-state index in [4.69, 9.17) is 14.2 Å². The summed E-state index contributed by atoms with van der Waals surface area (Å²) in [6.07, 6.45) is 1.11. The predicted molar refractivity (Wildman–Crippen MR) is 83.1 cm³/mol. The first-order chi connectivity index (χ1) is 10.7. The van der Waals surface area contributed by atoms with E-state index >= 15 is 0 Å². The lowest BCUT2D eigenvalue weighted by molar-refractivity contribution is -0.139. The van der Waals surface area contributed by atoms with Gasteiger partial charge in [0.2, 0.25) is 0 Å². The first kappa shape index (κ1) is 15.9. The number of esters is 1. The van der Waals surface area contributed by atoms with Gasteiger partial charge in [0.25, 0.3) is 0 Å². The van der Waals surface area contributed by atoms with Crippen LogP contribution in [-0.2, 0) is 14.3 Å². The summed E-state index contributed by atoms with van der Waals surface area (Å²) in [6.45, 7) is 4.53. The molecule has 0 spiro atoms. The van der Waals surface area contributed by atoms with E-state index in [2.05, 4.69) is 6.58 Å². The normalized spacial score (nSPS) is 10.4. The Bertz CT molecular complexity index is 651. The summed E-state index contributed by atoms with van der Waals surface area (Å²) in [7, 11) is 0. The third-order valence-corrected chi connectivity index (χ3v) is 2.98. The molecule has 0 aliphatic rings. The van der Waals surface area contributed by atoms with Crippen molar-refractivity contribution in [1.82, 2.24) is 0 Å². The molecule has 0 aromatic heterocycles. The second kappa shape index (κ2) is 8.05. The van der Waals surface area contributed by atoms with E-state index in [1.165, 1.54) is 0 Å². The van der Waals surface area contributed by atoms with Crippen molar-refractivity contribution >= 4 is 16.7 Å². The van der Waals surface area contributed by atoms with Crippen LogP contribution in [0.4, 0.5) is 0 Å². The van der Waals surface area contributed by atoms with E-state index in [9.17, 15) is 9.90 Å². The molecule has 0 atom stereocenters. The highest BCUT2D eigenvalue weighted by Gasteiger charge is 2.04. The topological polar surface area (TPSA) is 65.0 Å². The van der Waals surface area contributed by atoms with E-state index in [1.807, 2.05) is 24.3 Å². The van der Waals surface area contributed by atoms with Crippen LogP contribution in [0.1, 0.15) is 0 Å².